The number of anilines is 1. The molecule has 2 N–H and O–H groups in total. The summed E-state index contributed by atoms with van der Waals surface area (Å²) in [6.45, 7) is 1.96. The molecule has 1 aromatic heterocycles. The number of fused-ring (bicyclic) bond motifs is 1. The van der Waals surface area contributed by atoms with Gasteiger partial charge in [-0.2, -0.15) is 5.10 Å². The number of methoxy groups -OCH3 is 1. The Morgan fingerprint density at radius 2 is 1.93 bits per heavy atom. The van der Waals surface area contributed by atoms with Crippen molar-refractivity contribution in [2.24, 2.45) is 0 Å². The molecule has 0 aliphatic rings. The highest BCUT2D eigenvalue weighted by Gasteiger charge is 2.17. The second kappa shape index (κ2) is 7.90. The quantitative estimate of drug-likeness (QED) is 0.702. The van der Waals surface area contributed by atoms with Gasteiger partial charge in [0.05, 0.1) is 24.9 Å². The summed E-state index contributed by atoms with van der Waals surface area (Å²) in [6.07, 6.45) is 3.16. The van der Waals surface area contributed by atoms with E-state index in [-0.39, 0.29) is 24.3 Å². The fourth-order valence-electron chi connectivity index (χ4n) is 2.78. The molecule has 1 atom stereocenters. The van der Waals surface area contributed by atoms with E-state index in [2.05, 4.69) is 15.7 Å². The third kappa shape index (κ3) is 4.25. The third-order valence-electron chi connectivity index (χ3n) is 4.45. The molecule has 7 nitrogen and oxygen atoms in total. The number of ether oxygens (including phenoxy) is 1. The minimum Gasteiger partial charge on any atom is -0.497 e. The molecule has 1 unspecified atom stereocenters. The normalized spacial score (nSPS) is 11.8. The summed E-state index contributed by atoms with van der Waals surface area (Å²) in [5.41, 5.74) is 1.48. The zero-order valence-corrected chi connectivity index (χ0v) is 15.5. The van der Waals surface area contributed by atoms with Crippen LogP contribution in [0.2, 0.25) is 0 Å². The molecule has 7 heteroatoms. The Labute approximate surface area is 157 Å². The molecule has 27 heavy (non-hydrogen) atoms. The maximum Gasteiger partial charge on any atom is 0.241 e. The Morgan fingerprint density at radius 3 is 2.67 bits per heavy atom. The molecule has 2 amide bonds. The van der Waals surface area contributed by atoms with Gasteiger partial charge in [-0.25, -0.2) is 0 Å². The van der Waals surface area contributed by atoms with E-state index in [0.29, 0.717) is 5.69 Å². The number of rotatable bonds is 6. The van der Waals surface area contributed by atoms with Gasteiger partial charge < -0.3 is 15.4 Å². The van der Waals surface area contributed by atoms with Gasteiger partial charge in [0, 0.05) is 13.2 Å². The van der Waals surface area contributed by atoms with E-state index in [0.717, 1.165) is 22.1 Å². The highest BCUT2D eigenvalue weighted by atomic mass is 16.5. The van der Waals surface area contributed by atoms with Gasteiger partial charge >= 0.3 is 0 Å². The van der Waals surface area contributed by atoms with Gasteiger partial charge in [-0.3, -0.25) is 14.3 Å². The predicted octanol–water partition coefficient (Wildman–Crippen LogP) is 2.53. The Bertz CT molecular complexity index is 980. The van der Waals surface area contributed by atoms with E-state index >= 15 is 0 Å². The van der Waals surface area contributed by atoms with Crippen LogP contribution in [0, 0.1) is 0 Å². The monoisotopic (exact) mass is 366 g/mol. The Balaban J connectivity index is 1.71. The van der Waals surface area contributed by atoms with Gasteiger partial charge in [0.25, 0.3) is 0 Å². The molecule has 0 spiro atoms. The largest absolute Gasteiger partial charge is 0.497 e. The van der Waals surface area contributed by atoms with Crippen LogP contribution in [0.4, 0.5) is 5.69 Å². The van der Waals surface area contributed by atoms with E-state index in [9.17, 15) is 9.59 Å². The van der Waals surface area contributed by atoms with Crippen LogP contribution in [0.1, 0.15) is 18.4 Å². The number of hydrogen-bond donors (Lipinski definition) is 2. The molecule has 0 aliphatic heterocycles. The SMILES string of the molecule is CNC(=O)Cn1cc(NC(=O)C(C)c2ccc3cc(OC)ccc3c2)cn1. The zero-order chi connectivity index (χ0) is 19.4. The van der Waals surface area contributed by atoms with Crippen molar-refractivity contribution in [3.8, 4) is 5.75 Å². The van der Waals surface area contributed by atoms with Gasteiger partial charge in [0.1, 0.15) is 12.3 Å². The number of carbonyl (C=O) groups excluding carboxylic acids is 2. The van der Waals surface area contributed by atoms with E-state index in [4.69, 9.17) is 4.74 Å². The first kappa shape index (κ1) is 18.4. The van der Waals surface area contributed by atoms with Crippen molar-refractivity contribution >= 4 is 28.3 Å². The molecule has 3 aromatic rings. The van der Waals surface area contributed by atoms with Gasteiger partial charge in [-0.05, 0) is 35.4 Å². The molecule has 2 aromatic carbocycles. The molecule has 1 heterocycles. The first-order chi connectivity index (χ1) is 13.0. The van der Waals surface area contributed by atoms with E-state index in [1.807, 2.05) is 43.3 Å². The molecule has 0 saturated heterocycles. The highest BCUT2D eigenvalue weighted by molar-refractivity contribution is 5.96. The highest BCUT2D eigenvalue weighted by Crippen LogP contribution is 2.25. The summed E-state index contributed by atoms with van der Waals surface area (Å²) in [7, 11) is 3.20. The van der Waals surface area contributed by atoms with Crippen LogP contribution in [-0.4, -0.2) is 35.8 Å². The average Bonchev–Trinajstić information content (AvgIpc) is 3.12. The van der Waals surface area contributed by atoms with Crippen molar-refractivity contribution in [3.63, 3.8) is 0 Å². The lowest BCUT2D eigenvalue weighted by Gasteiger charge is -2.13. The molecule has 140 valence electrons. The van der Waals surface area contributed by atoms with Crippen molar-refractivity contribution < 1.29 is 14.3 Å². The lowest BCUT2D eigenvalue weighted by molar-refractivity contribution is -0.121. The average molecular weight is 366 g/mol. The lowest BCUT2D eigenvalue weighted by Crippen LogP contribution is -2.23. The Hall–Kier alpha value is -3.35. The number of carbonyl (C=O) groups is 2. The number of benzene rings is 2. The number of likely N-dealkylation sites (N-methyl/N-ethyl adjacent to an activating group) is 1. The summed E-state index contributed by atoms with van der Waals surface area (Å²) >= 11 is 0. The number of hydrogen-bond acceptors (Lipinski definition) is 4. The van der Waals surface area contributed by atoms with Gasteiger partial charge in [0.2, 0.25) is 11.8 Å². The van der Waals surface area contributed by atoms with Crippen molar-refractivity contribution in [2.75, 3.05) is 19.5 Å². The minimum absolute atomic E-state index is 0.107. The summed E-state index contributed by atoms with van der Waals surface area (Å²) in [6, 6.07) is 11.8. The molecule has 0 aliphatic carbocycles. The fraction of sp³-hybridized carbons (Fsp3) is 0.250. The minimum atomic E-state index is -0.334. The van der Waals surface area contributed by atoms with E-state index in [1.165, 1.54) is 10.9 Å². The van der Waals surface area contributed by atoms with E-state index in [1.54, 1.807) is 20.4 Å². The topological polar surface area (TPSA) is 85.2 Å². The summed E-state index contributed by atoms with van der Waals surface area (Å²) in [5.74, 6) is 0.174. The molecular formula is C20H22N4O3. The Morgan fingerprint density at radius 1 is 1.19 bits per heavy atom. The molecular weight excluding hydrogens is 344 g/mol. The van der Waals surface area contributed by atoms with Crippen LogP contribution >= 0.6 is 0 Å². The smallest absolute Gasteiger partial charge is 0.241 e. The van der Waals surface area contributed by atoms with Crippen LogP contribution < -0.4 is 15.4 Å². The molecule has 0 bridgehead atoms. The van der Waals surface area contributed by atoms with Crippen LogP contribution in [0.5, 0.6) is 5.75 Å². The molecule has 0 radical (unpaired) electrons. The lowest BCUT2D eigenvalue weighted by atomic mass is 9.97. The summed E-state index contributed by atoms with van der Waals surface area (Å²) in [5, 5.41) is 11.6. The molecule has 3 rings (SSSR count). The van der Waals surface area contributed by atoms with Crippen molar-refractivity contribution in [1.29, 1.82) is 0 Å². The second-order valence-electron chi connectivity index (χ2n) is 6.28. The van der Waals surface area contributed by atoms with Gasteiger partial charge in [-0.1, -0.05) is 24.3 Å². The van der Waals surface area contributed by atoms with E-state index < -0.39 is 0 Å². The number of nitrogens with zero attached hydrogens (tertiary/aromatic N) is 2. The van der Waals surface area contributed by atoms with Crippen LogP contribution in [-0.2, 0) is 16.1 Å². The standard InChI is InChI=1S/C20H22N4O3/c1-13(14-4-5-16-9-18(27-3)7-6-15(16)8-14)20(26)23-17-10-22-24(11-17)12-19(25)21-2/h4-11,13H,12H2,1-3H3,(H,21,25)(H,23,26). The van der Waals surface area contributed by atoms with Crippen LogP contribution in [0.25, 0.3) is 10.8 Å². The predicted molar refractivity (Wildman–Crippen MR) is 104 cm³/mol. The summed E-state index contributed by atoms with van der Waals surface area (Å²) < 4.78 is 6.72. The first-order valence-corrected chi connectivity index (χ1v) is 8.61. The van der Waals surface area contributed by atoms with Crippen LogP contribution in [0.15, 0.2) is 48.8 Å². The third-order valence-corrected chi connectivity index (χ3v) is 4.45. The van der Waals surface area contributed by atoms with Crippen molar-refractivity contribution in [2.45, 2.75) is 19.4 Å². The Kier molecular flexibility index (Phi) is 5.40. The zero-order valence-electron chi connectivity index (χ0n) is 15.5. The first-order valence-electron chi connectivity index (χ1n) is 8.61. The molecule has 0 fully saturated rings. The second-order valence-corrected chi connectivity index (χ2v) is 6.28. The van der Waals surface area contributed by atoms with Crippen molar-refractivity contribution in [1.82, 2.24) is 15.1 Å². The fourth-order valence-corrected chi connectivity index (χ4v) is 2.78. The number of amides is 2. The van der Waals surface area contributed by atoms with Gasteiger partial charge in [0.15, 0.2) is 0 Å². The van der Waals surface area contributed by atoms with Crippen LogP contribution in [0.3, 0.4) is 0 Å². The summed E-state index contributed by atoms with van der Waals surface area (Å²) in [4.78, 5) is 24.0. The maximum atomic E-state index is 12.6. The molecule has 0 saturated carbocycles. The number of nitrogens with one attached hydrogen (secondary N) is 2. The maximum absolute atomic E-state index is 12.6. The van der Waals surface area contributed by atoms with Crippen molar-refractivity contribution in [3.05, 3.63) is 54.4 Å². The number of aromatic nitrogens is 2. The van der Waals surface area contributed by atoms with Gasteiger partial charge in [-0.15, -0.1) is 0 Å².